The third-order valence-electron chi connectivity index (χ3n) is 2.73. The standard InChI is InChI=1S/C9H19N4/c1-2-12-9(7-11-1)8-13-5-3-10-4-6-13/h9-11H,1-8H2. The quantitative estimate of drug-likeness (QED) is 0.546. The van der Waals surface area contributed by atoms with Gasteiger partial charge in [-0.15, -0.1) is 0 Å². The monoisotopic (exact) mass is 183 g/mol. The van der Waals surface area contributed by atoms with E-state index in [0.717, 1.165) is 39.3 Å². The average molecular weight is 183 g/mol. The third-order valence-corrected chi connectivity index (χ3v) is 2.73. The van der Waals surface area contributed by atoms with E-state index in [1.807, 2.05) is 0 Å². The van der Waals surface area contributed by atoms with Gasteiger partial charge in [-0.25, -0.2) is 5.32 Å². The molecule has 2 fully saturated rings. The molecule has 4 nitrogen and oxygen atoms in total. The van der Waals surface area contributed by atoms with Crippen molar-refractivity contribution in [3.8, 4) is 0 Å². The van der Waals surface area contributed by atoms with Crippen LogP contribution in [0.5, 0.6) is 0 Å². The van der Waals surface area contributed by atoms with Gasteiger partial charge in [-0.05, 0) is 0 Å². The molecule has 2 aliphatic rings. The topological polar surface area (TPSA) is 41.4 Å². The minimum absolute atomic E-state index is 0.534. The summed E-state index contributed by atoms with van der Waals surface area (Å²) in [7, 11) is 0. The summed E-state index contributed by atoms with van der Waals surface area (Å²) in [6, 6.07) is 0.534. The number of piperazine rings is 2. The number of nitrogens with one attached hydrogen (secondary N) is 2. The van der Waals surface area contributed by atoms with Crippen molar-refractivity contribution in [1.29, 1.82) is 0 Å². The minimum atomic E-state index is 0.534. The van der Waals surface area contributed by atoms with Crippen LogP contribution >= 0.6 is 0 Å². The summed E-state index contributed by atoms with van der Waals surface area (Å²) in [5.74, 6) is 0. The molecule has 1 radical (unpaired) electrons. The SMILES string of the molecule is C1CNCC(CN2CCNCC2)[N]1. The normalized spacial score (nSPS) is 31.8. The fourth-order valence-corrected chi connectivity index (χ4v) is 1.97. The van der Waals surface area contributed by atoms with Crippen LogP contribution in [0.1, 0.15) is 0 Å². The highest BCUT2D eigenvalue weighted by atomic mass is 15.2. The number of hydrogen-bond donors (Lipinski definition) is 2. The lowest BCUT2D eigenvalue weighted by Gasteiger charge is -2.32. The van der Waals surface area contributed by atoms with Crippen LogP contribution in [0.2, 0.25) is 0 Å². The van der Waals surface area contributed by atoms with Gasteiger partial charge < -0.3 is 10.6 Å². The molecule has 75 valence electrons. The Balaban J connectivity index is 1.69. The van der Waals surface area contributed by atoms with Crippen molar-refractivity contribution in [2.45, 2.75) is 6.04 Å². The highest BCUT2D eigenvalue weighted by Crippen LogP contribution is 1.97. The van der Waals surface area contributed by atoms with E-state index in [9.17, 15) is 0 Å². The third kappa shape index (κ3) is 2.91. The molecule has 4 heteroatoms. The van der Waals surface area contributed by atoms with E-state index in [4.69, 9.17) is 0 Å². The molecule has 2 saturated heterocycles. The number of rotatable bonds is 2. The Labute approximate surface area is 80.1 Å². The molecule has 2 aliphatic heterocycles. The molecule has 0 aliphatic carbocycles. The zero-order valence-corrected chi connectivity index (χ0v) is 8.13. The molecule has 1 unspecified atom stereocenters. The Hall–Kier alpha value is -0.160. The van der Waals surface area contributed by atoms with Crippen LogP contribution in [-0.2, 0) is 0 Å². The first kappa shape index (κ1) is 9.40. The lowest BCUT2D eigenvalue weighted by molar-refractivity contribution is 0.205. The molecule has 0 bridgehead atoms. The van der Waals surface area contributed by atoms with Crippen LogP contribution in [0.4, 0.5) is 0 Å². The average Bonchev–Trinajstić information content (AvgIpc) is 2.21. The Morgan fingerprint density at radius 2 is 2.00 bits per heavy atom. The summed E-state index contributed by atoms with van der Waals surface area (Å²) >= 11 is 0. The van der Waals surface area contributed by atoms with Crippen molar-refractivity contribution in [1.82, 2.24) is 20.9 Å². The molecule has 0 aromatic heterocycles. The van der Waals surface area contributed by atoms with Gasteiger partial charge >= 0.3 is 0 Å². The molecule has 1 atom stereocenters. The first-order valence-electron chi connectivity index (χ1n) is 5.25. The molecule has 0 amide bonds. The lowest BCUT2D eigenvalue weighted by Crippen LogP contribution is -2.53. The van der Waals surface area contributed by atoms with Crippen molar-refractivity contribution in [3.63, 3.8) is 0 Å². The van der Waals surface area contributed by atoms with E-state index in [0.29, 0.717) is 6.04 Å². The highest BCUT2D eigenvalue weighted by Gasteiger charge is 2.18. The van der Waals surface area contributed by atoms with Crippen LogP contribution in [0.3, 0.4) is 0 Å². The summed E-state index contributed by atoms with van der Waals surface area (Å²) in [6.45, 7) is 8.94. The lowest BCUT2D eigenvalue weighted by atomic mass is 10.2. The number of nitrogens with zero attached hydrogens (tertiary/aromatic N) is 2. The van der Waals surface area contributed by atoms with E-state index in [1.54, 1.807) is 0 Å². The molecule has 2 heterocycles. The summed E-state index contributed by atoms with van der Waals surface area (Å²) in [5.41, 5.74) is 0. The van der Waals surface area contributed by atoms with Gasteiger partial charge in [0.25, 0.3) is 0 Å². The van der Waals surface area contributed by atoms with E-state index in [2.05, 4.69) is 20.9 Å². The first-order chi connectivity index (χ1) is 6.45. The zero-order valence-electron chi connectivity index (χ0n) is 8.13. The Kier molecular flexibility index (Phi) is 3.55. The van der Waals surface area contributed by atoms with Crippen molar-refractivity contribution in [3.05, 3.63) is 0 Å². The molecule has 0 aromatic carbocycles. The maximum atomic E-state index is 4.60. The molecular formula is C9H19N4. The van der Waals surface area contributed by atoms with Crippen LogP contribution < -0.4 is 16.0 Å². The smallest absolute Gasteiger partial charge is 0.0498 e. The Bertz CT molecular complexity index is 123. The molecule has 0 aromatic rings. The second-order valence-corrected chi connectivity index (χ2v) is 3.81. The van der Waals surface area contributed by atoms with Crippen molar-refractivity contribution >= 4 is 0 Å². The van der Waals surface area contributed by atoms with Gasteiger partial charge in [0, 0.05) is 58.4 Å². The van der Waals surface area contributed by atoms with Crippen LogP contribution in [0, 0.1) is 0 Å². The van der Waals surface area contributed by atoms with Gasteiger partial charge in [0.1, 0.15) is 0 Å². The molecule has 0 saturated carbocycles. The van der Waals surface area contributed by atoms with Crippen LogP contribution in [0.25, 0.3) is 0 Å². The summed E-state index contributed by atoms with van der Waals surface area (Å²) in [4.78, 5) is 2.51. The molecular weight excluding hydrogens is 164 g/mol. The minimum Gasteiger partial charge on any atom is -0.314 e. The van der Waals surface area contributed by atoms with Crippen molar-refractivity contribution < 1.29 is 0 Å². The van der Waals surface area contributed by atoms with E-state index in [-0.39, 0.29) is 0 Å². The Morgan fingerprint density at radius 3 is 2.69 bits per heavy atom. The van der Waals surface area contributed by atoms with Gasteiger partial charge in [0.05, 0.1) is 0 Å². The van der Waals surface area contributed by atoms with Crippen LogP contribution in [0.15, 0.2) is 0 Å². The number of hydrogen-bond acceptors (Lipinski definition) is 3. The van der Waals surface area contributed by atoms with Crippen LogP contribution in [-0.4, -0.2) is 63.3 Å². The molecule has 13 heavy (non-hydrogen) atoms. The summed E-state index contributed by atoms with van der Waals surface area (Å²) in [5, 5.41) is 11.4. The predicted molar refractivity (Wildman–Crippen MR) is 53.0 cm³/mol. The fraction of sp³-hybridized carbons (Fsp3) is 1.00. The summed E-state index contributed by atoms with van der Waals surface area (Å²) < 4.78 is 0. The van der Waals surface area contributed by atoms with Gasteiger partial charge in [-0.1, -0.05) is 0 Å². The predicted octanol–water partition coefficient (Wildman–Crippen LogP) is -1.53. The second kappa shape index (κ2) is 4.91. The molecule has 2 rings (SSSR count). The summed E-state index contributed by atoms with van der Waals surface area (Å²) in [6.07, 6.45) is 0. The second-order valence-electron chi connectivity index (χ2n) is 3.81. The maximum Gasteiger partial charge on any atom is 0.0498 e. The Morgan fingerprint density at radius 1 is 1.15 bits per heavy atom. The highest BCUT2D eigenvalue weighted by molar-refractivity contribution is 4.80. The van der Waals surface area contributed by atoms with Gasteiger partial charge in [-0.3, -0.25) is 4.90 Å². The fourth-order valence-electron chi connectivity index (χ4n) is 1.97. The maximum absolute atomic E-state index is 4.60. The zero-order chi connectivity index (χ0) is 8.93. The van der Waals surface area contributed by atoms with E-state index in [1.165, 1.54) is 13.1 Å². The van der Waals surface area contributed by atoms with Gasteiger partial charge in [0.2, 0.25) is 0 Å². The largest absolute Gasteiger partial charge is 0.314 e. The van der Waals surface area contributed by atoms with E-state index >= 15 is 0 Å². The molecule has 2 N–H and O–H groups in total. The molecule has 0 spiro atoms. The van der Waals surface area contributed by atoms with Crippen molar-refractivity contribution in [2.75, 3.05) is 52.4 Å². The van der Waals surface area contributed by atoms with Crippen molar-refractivity contribution in [2.24, 2.45) is 0 Å². The first-order valence-corrected chi connectivity index (χ1v) is 5.25. The van der Waals surface area contributed by atoms with E-state index < -0.39 is 0 Å². The van der Waals surface area contributed by atoms with Gasteiger partial charge in [0.15, 0.2) is 0 Å². The van der Waals surface area contributed by atoms with Gasteiger partial charge in [-0.2, -0.15) is 0 Å².